The van der Waals surface area contributed by atoms with Gasteiger partial charge in [-0.15, -0.1) is 0 Å². The number of benzene rings is 3. The fourth-order valence-corrected chi connectivity index (χ4v) is 4.13. The highest BCUT2D eigenvalue weighted by Gasteiger charge is 2.16. The van der Waals surface area contributed by atoms with Gasteiger partial charge in [0.05, 0.1) is 12.2 Å². The minimum absolute atomic E-state index is 0.250. The van der Waals surface area contributed by atoms with Crippen LogP contribution in [0, 0.1) is 0 Å². The SMILES string of the molecule is CCCCOC(=O)c1cccc(-c2nc(-c3cccc(-c4noc(-c5cccc(CCCC)c5)n4)c3)no2)c1.O=C=O. The van der Waals surface area contributed by atoms with Gasteiger partial charge in [0.25, 0.3) is 11.8 Å². The number of hydrogen-bond acceptors (Lipinski definition) is 10. The molecular formula is C32H30N4O6. The molecule has 0 aliphatic carbocycles. The van der Waals surface area contributed by atoms with Crippen LogP contribution in [0.25, 0.3) is 45.7 Å². The Bertz CT molecular complexity index is 1650. The summed E-state index contributed by atoms with van der Waals surface area (Å²) < 4.78 is 16.4. The summed E-state index contributed by atoms with van der Waals surface area (Å²) in [5.41, 5.74) is 4.74. The molecule has 5 rings (SSSR count). The number of nitrogens with zero attached hydrogens (tertiary/aromatic N) is 4. The molecule has 214 valence electrons. The predicted octanol–water partition coefficient (Wildman–Crippen LogP) is 6.84. The van der Waals surface area contributed by atoms with Crippen molar-refractivity contribution < 1.29 is 28.2 Å². The summed E-state index contributed by atoms with van der Waals surface area (Å²) in [6, 6.07) is 22.8. The maximum absolute atomic E-state index is 12.3. The first-order chi connectivity index (χ1) is 20.6. The van der Waals surface area contributed by atoms with Crippen LogP contribution in [0.4, 0.5) is 0 Å². The average molecular weight is 567 g/mol. The second kappa shape index (κ2) is 15.0. The molecule has 2 aromatic heterocycles. The number of carbonyl (C=O) groups excluding carboxylic acids is 3. The standard InChI is InChI=1S/C31H30N4O4.CO2/c1-3-5-10-21-11-7-14-24(18-21)29-32-27(34-38-29)22-12-8-13-23(19-22)28-33-30(39-35-28)25-15-9-16-26(20-25)31(36)37-17-6-4-2;2-1-3/h7-9,11-16,18-20H,3-6,10,17H2,1-2H3;. The van der Waals surface area contributed by atoms with Crippen molar-refractivity contribution in [3.05, 3.63) is 83.9 Å². The number of carbonyl (C=O) groups is 1. The number of ether oxygens (including phenoxy) is 1. The molecule has 2 heterocycles. The summed E-state index contributed by atoms with van der Waals surface area (Å²) >= 11 is 0. The van der Waals surface area contributed by atoms with Crippen molar-refractivity contribution >= 4 is 12.1 Å². The van der Waals surface area contributed by atoms with E-state index in [1.54, 1.807) is 18.2 Å². The predicted molar refractivity (Wildman–Crippen MR) is 153 cm³/mol. The Morgan fingerprint density at radius 1 is 0.738 bits per heavy atom. The van der Waals surface area contributed by atoms with Crippen molar-refractivity contribution in [2.24, 2.45) is 0 Å². The van der Waals surface area contributed by atoms with E-state index >= 15 is 0 Å². The zero-order valence-electron chi connectivity index (χ0n) is 23.4. The van der Waals surface area contributed by atoms with Crippen LogP contribution in [-0.4, -0.2) is 39.0 Å². The lowest BCUT2D eigenvalue weighted by molar-refractivity contribution is -0.191. The molecule has 0 amide bonds. The van der Waals surface area contributed by atoms with E-state index in [-0.39, 0.29) is 12.1 Å². The van der Waals surface area contributed by atoms with Gasteiger partial charge in [0.15, 0.2) is 0 Å². The van der Waals surface area contributed by atoms with Crippen molar-refractivity contribution in [1.82, 2.24) is 20.3 Å². The second-order valence-corrected chi connectivity index (χ2v) is 9.38. The second-order valence-electron chi connectivity index (χ2n) is 9.38. The van der Waals surface area contributed by atoms with Crippen LogP contribution in [0.3, 0.4) is 0 Å². The minimum Gasteiger partial charge on any atom is -0.462 e. The molecule has 42 heavy (non-hydrogen) atoms. The molecule has 0 unspecified atom stereocenters. The van der Waals surface area contributed by atoms with Crippen LogP contribution in [0.15, 0.2) is 81.8 Å². The van der Waals surface area contributed by atoms with E-state index in [2.05, 4.69) is 39.3 Å². The van der Waals surface area contributed by atoms with Crippen LogP contribution >= 0.6 is 0 Å². The highest BCUT2D eigenvalue weighted by Crippen LogP contribution is 2.28. The summed E-state index contributed by atoms with van der Waals surface area (Å²) in [5.74, 6) is 1.30. The van der Waals surface area contributed by atoms with E-state index in [1.165, 1.54) is 5.56 Å². The molecule has 0 N–H and O–H groups in total. The van der Waals surface area contributed by atoms with Gasteiger partial charge >= 0.3 is 12.1 Å². The highest BCUT2D eigenvalue weighted by atomic mass is 16.5. The smallest absolute Gasteiger partial charge is 0.373 e. The van der Waals surface area contributed by atoms with E-state index in [4.69, 9.17) is 23.4 Å². The molecule has 0 fully saturated rings. The fraction of sp³-hybridized carbons (Fsp3) is 0.250. The number of unbranched alkanes of at least 4 members (excludes halogenated alkanes) is 2. The normalized spacial score (nSPS) is 10.4. The third-order valence-corrected chi connectivity index (χ3v) is 6.30. The zero-order chi connectivity index (χ0) is 29.7. The Morgan fingerprint density at radius 2 is 1.29 bits per heavy atom. The lowest BCUT2D eigenvalue weighted by atomic mass is 10.1. The van der Waals surface area contributed by atoms with Crippen molar-refractivity contribution in [3.8, 4) is 45.7 Å². The molecule has 0 saturated heterocycles. The number of hydrogen-bond donors (Lipinski definition) is 0. The first-order valence-corrected chi connectivity index (χ1v) is 13.7. The summed E-state index contributed by atoms with van der Waals surface area (Å²) in [7, 11) is 0. The molecule has 0 saturated carbocycles. The Hall–Kier alpha value is -5.21. The molecule has 0 bridgehead atoms. The Kier molecular flexibility index (Phi) is 10.6. The zero-order valence-corrected chi connectivity index (χ0v) is 23.4. The van der Waals surface area contributed by atoms with Crippen LogP contribution < -0.4 is 0 Å². The van der Waals surface area contributed by atoms with Crippen molar-refractivity contribution in [1.29, 1.82) is 0 Å². The third kappa shape index (κ3) is 7.71. The molecule has 0 aliphatic rings. The van der Waals surface area contributed by atoms with Gasteiger partial charge in [-0.05, 0) is 61.2 Å². The first kappa shape index (κ1) is 29.8. The molecule has 0 atom stereocenters. The van der Waals surface area contributed by atoms with Crippen LogP contribution in [-0.2, 0) is 20.7 Å². The van der Waals surface area contributed by atoms with E-state index in [9.17, 15) is 4.79 Å². The number of aryl methyl sites for hydroxylation is 1. The molecule has 10 heteroatoms. The summed E-state index contributed by atoms with van der Waals surface area (Å²) in [5, 5.41) is 8.35. The summed E-state index contributed by atoms with van der Waals surface area (Å²) in [6.07, 6.45) is 5.34. The van der Waals surface area contributed by atoms with Crippen LogP contribution in [0.2, 0.25) is 0 Å². The third-order valence-electron chi connectivity index (χ3n) is 6.30. The molecule has 0 aliphatic heterocycles. The minimum atomic E-state index is -0.370. The average Bonchev–Trinajstić information content (AvgIpc) is 3.72. The molecule has 3 aromatic carbocycles. The molecular weight excluding hydrogens is 536 g/mol. The molecule has 10 nitrogen and oxygen atoms in total. The fourth-order valence-electron chi connectivity index (χ4n) is 4.13. The lowest BCUT2D eigenvalue weighted by Gasteiger charge is -2.04. The largest absolute Gasteiger partial charge is 0.462 e. The number of rotatable bonds is 11. The summed E-state index contributed by atoms with van der Waals surface area (Å²) in [4.78, 5) is 37.8. The van der Waals surface area contributed by atoms with Gasteiger partial charge in [-0.2, -0.15) is 19.6 Å². The summed E-state index contributed by atoms with van der Waals surface area (Å²) in [6.45, 7) is 4.63. The van der Waals surface area contributed by atoms with E-state index in [0.717, 1.165) is 48.8 Å². The van der Waals surface area contributed by atoms with Gasteiger partial charge in [-0.3, -0.25) is 0 Å². The van der Waals surface area contributed by atoms with E-state index in [1.807, 2.05) is 49.4 Å². The van der Waals surface area contributed by atoms with E-state index in [0.29, 0.717) is 41.2 Å². The topological polar surface area (TPSA) is 138 Å². The van der Waals surface area contributed by atoms with Crippen LogP contribution in [0.5, 0.6) is 0 Å². The maximum Gasteiger partial charge on any atom is 0.373 e. The van der Waals surface area contributed by atoms with Gasteiger partial charge in [0.1, 0.15) is 0 Å². The first-order valence-electron chi connectivity index (χ1n) is 13.7. The molecule has 5 aromatic rings. The van der Waals surface area contributed by atoms with Crippen LogP contribution in [0.1, 0.15) is 55.5 Å². The van der Waals surface area contributed by atoms with Crippen molar-refractivity contribution in [3.63, 3.8) is 0 Å². The van der Waals surface area contributed by atoms with Crippen molar-refractivity contribution in [2.45, 2.75) is 46.0 Å². The Morgan fingerprint density at radius 3 is 1.90 bits per heavy atom. The monoisotopic (exact) mass is 566 g/mol. The number of aromatic nitrogens is 4. The van der Waals surface area contributed by atoms with Gasteiger partial charge in [-0.1, -0.05) is 73.4 Å². The Balaban J connectivity index is 0.00000129. The maximum atomic E-state index is 12.3. The quantitative estimate of drug-likeness (QED) is 0.123. The lowest BCUT2D eigenvalue weighted by Crippen LogP contribution is -2.06. The van der Waals surface area contributed by atoms with Gasteiger partial charge in [0, 0.05) is 22.3 Å². The van der Waals surface area contributed by atoms with E-state index < -0.39 is 0 Å². The van der Waals surface area contributed by atoms with Gasteiger partial charge in [0.2, 0.25) is 11.6 Å². The van der Waals surface area contributed by atoms with Gasteiger partial charge in [-0.25, -0.2) is 4.79 Å². The Labute approximate surface area is 242 Å². The molecule has 0 spiro atoms. The van der Waals surface area contributed by atoms with Crippen molar-refractivity contribution in [2.75, 3.05) is 6.61 Å². The van der Waals surface area contributed by atoms with Gasteiger partial charge < -0.3 is 13.8 Å². The molecule has 0 radical (unpaired) electrons. The number of esters is 1. The highest BCUT2D eigenvalue weighted by molar-refractivity contribution is 5.90.